The maximum Gasteiger partial charge on any atom is 0.251 e. The van der Waals surface area contributed by atoms with E-state index in [9.17, 15) is 4.79 Å². The number of aryl methyl sites for hydroxylation is 1. The van der Waals surface area contributed by atoms with Gasteiger partial charge >= 0.3 is 0 Å². The average Bonchev–Trinajstić information content (AvgIpc) is 2.39. The van der Waals surface area contributed by atoms with Crippen LogP contribution in [0.4, 0.5) is 5.82 Å². The van der Waals surface area contributed by atoms with E-state index in [-0.39, 0.29) is 11.9 Å². The second-order valence-electron chi connectivity index (χ2n) is 5.52. The molecule has 0 aliphatic rings. The minimum Gasteiger partial charge on any atom is -0.370 e. The fourth-order valence-corrected chi connectivity index (χ4v) is 1.83. The second kappa shape index (κ2) is 7.88. The zero-order chi connectivity index (χ0) is 15.1. The van der Waals surface area contributed by atoms with E-state index in [4.69, 9.17) is 0 Å². The molecule has 0 aliphatic carbocycles. The fourth-order valence-electron chi connectivity index (χ4n) is 1.83. The van der Waals surface area contributed by atoms with Crippen LogP contribution in [-0.4, -0.2) is 23.5 Å². The van der Waals surface area contributed by atoms with Crippen LogP contribution in [0.25, 0.3) is 0 Å². The van der Waals surface area contributed by atoms with Gasteiger partial charge in [0.25, 0.3) is 5.91 Å². The van der Waals surface area contributed by atoms with Crippen LogP contribution in [0.15, 0.2) is 12.1 Å². The zero-order valence-corrected chi connectivity index (χ0v) is 13.3. The summed E-state index contributed by atoms with van der Waals surface area (Å²) in [6.45, 7) is 11.2. The smallest absolute Gasteiger partial charge is 0.251 e. The lowest BCUT2D eigenvalue weighted by Gasteiger charge is -2.18. The van der Waals surface area contributed by atoms with Crippen LogP contribution in [0.5, 0.6) is 0 Å². The minimum absolute atomic E-state index is 0.0230. The topological polar surface area (TPSA) is 54.0 Å². The summed E-state index contributed by atoms with van der Waals surface area (Å²) in [6, 6.07) is 3.88. The molecular formula is C16H27N3O. The number of carbonyl (C=O) groups is 1. The third-order valence-electron chi connectivity index (χ3n) is 3.36. The number of hydrogen-bond acceptors (Lipinski definition) is 3. The molecule has 2 N–H and O–H groups in total. The Balaban J connectivity index is 2.94. The number of nitrogens with one attached hydrogen (secondary N) is 2. The van der Waals surface area contributed by atoms with Crippen molar-refractivity contribution in [2.75, 3.05) is 11.9 Å². The van der Waals surface area contributed by atoms with Gasteiger partial charge in [0.05, 0.1) is 0 Å². The Kier molecular flexibility index (Phi) is 6.49. The number of nitrogens with zero attached hydrogens (tertiary/aromatic N) is 1. The molecule has 1 rings (SSSR count). The van der Waals surface area contributed by atoms with E-state index in [2.05, 4.69) is 36.4 Å². The molecule has 20 heavy (non-hydrogen) atoms. The number of carbonyl (C=O) groups excluding carboxylic acids is 1. The number of amides is 1. The highest BCUT2D eigenvalue weighted by molar-refractivity contribution is 5.95. The summed E-state index contributed by atoms with van der Waals surface area (Å²) < 4.78 is 0. The predicted molar refractivity (Wildman–Crippen MR) is 84.2 cm³/mol. The van der Waals surface area contributed by atoms with Gasteiger partial charge in [-0.25, -0.2) is 4.98 Å². The molecule has 0 saturated heterocycles. The van der Waals surface area contributed by atoms with Crippen molar-refractivity contribution < 1.29 is 4.79 Å². The van der Waals surface area contributed by atoms with Crippen LogP contribution in [0.3, 0.4) is 0 Å². The van der Waals surface area contributed by atoms with Gasteiger partial charge in [-0.1, -0.05) is 27.2 Å². The molecule has 1 aromatic heterocycles. The molecule has 1 unspecified atom stereocenters. The highest BCUT2D eigenvalue weighted by atomic mass is 16.1. The van der Waals surface area contributed by atoms with Crippen LogP contribution < -0.4 is 10.6 Å². The Morgan fingerprint density at radius 3 is 2.50 bits per heavy atom. The van der Waals surface area contributed by atoms with Crippen molar-refractivity contribution in [3.05, 3.63) is 23.4 Å². The van der Waals surface area contributed by atoms with Crippen LogP contribution >= 0.6 is 0 Å². The zero-order valence-electron chi connectivity index (χ0n) is 13.3. The normalized spacial score (nSPS) is 12.3. The Morgan fingerprint density at radius 2 is 1.95 bits per heavy atom. The summed E-state index contributed by atoms with van der Waals surface area (Å²) in [5.74, 6) is 1.18. The summed E-state index contributed by atoms with van der Waals surface area (Å²) in [6.07, 6.45) is 1.91. The van der Waals surface area contributed by atoms with Crippen LogP contribution in [0.2, 0.25) is 0 Å². The lowest BCUT2D eigenvalue weighted by atomic mass is 10.1. The Morgan fingerprint density at radius 1 is 1.25 bits per heavy atom. The third-order valence-corrected chi connectivity index (χ3v) is 3.36. The predicted octanol–water partition coefficient (Wildman–Crippen LogP) is 3.24. The van der Waals surface area contributed by atoms with Gasteiger partial charge in [0.1, 0.15) is 5.82 Å². The number of pyridine rings is 1. The van der Waals surface area contributed by atoms with Crippen molar-refractivity contribution in [3.8, 4) is 0 Å². The molecule has 0 bridgehead atoms. The van der Waals surface area contributed by atoms with Crippen molar-refractivity contribution >= 4 is 11.7 Å². The average molecular weight is 277 g/mol. The van der Waals surface area contributed by atoms with E-state index in [1.165, 1.54) is 0 Å². The van der Waals surface area contributed by atoms with Crippen LogP contribution in [-0.2, 0) is 6.42 Å². The van der Waals surface area contributed by atoms with E-state index in [0.29, 0.717) is 11.5 Å². The first kappa shape index (κ1) is 16.5. The molecule has 0 spiro atoms. The molecule has 1 amide bonds. The molecule has 0 aromatic carbocycles. The SMILES string of the molecule is CCCc1cc(C(=O)NC(C)C(C)C)cc(NCC)n1. The molecule has 112 valence electrons. The van der Waals surface area contributed by atoms with Gasteiger partial charge in [-0.3, -0.25) is 4.79 Å². The van der Waals surface area contributed by atoms with E-state index in [1.807, 2.05) is 26.0 Å². The molecule has 4 nitrogen and oxygen atoms in total. The van der Waals surface area contributed by atoms with Gasteiger partial charge in [-0.2, -0.15) is 0 Å². The molecule has 4 heteroatoms. The first-order chi connectivity index (χ1) is 9.47. The van der Waals surface area contributed by atoms with Gasteiger partial charge in [0.2, 0.25) is 0 Å². The molecule has 0 radical (unpaired) electrons. The van der Waals surface area contributed by atoms with Gasteiger partial charge in [-0.05, 0) is 38.3 Å². The summed E-state index contributed by atoms with van der Waals surface area (Å²) in [5, 5.41) is 6.23. The van der Waals surface area contributed by atoms with Gasteiger partial charge in [0, 0.05) is 23.8 Å². The van der Waals surface area contributed by atoms with Gasteiger partial charge in [0.15, 0.2) is 0 Å². The maximum atomic E-state index is 12.3. The van der Waals surface area contributed by atoms with Gasteiger partial charge < -0.3 is 10.6 Å². The number of hydrogen-bond donors (Lipinski definition) is 2. The minimum atomic E-state index is -0.0230. The monoisotopic (exact) mass is 277 g/mol. The fraction of sp³-hybridized carbons (Fsp3) is 0.625. The third kappa shape index (κ3) is 4.83. The first-order valence-corrected chi connectivity index (χ1v) is 7.53. The molecule has 1 aromatic rings. The maximum absolute atomic E-state index is 12.3. The highest BCUT2D eigenvalue weighted by Crippen LogP contribution is 2.13. The summed E-state index contributed by atoms with van der Waals surface area (Å²) >= 11 is 0. The molecule has 0 saturated carbocycles. The van der Waals surface area contributed by atoms with E-state index >= 15 is 0 Å². The van der Waals surface area contributed by atoms with Crippen molar-refractivity contribution in [2.45, 2.75) is 53.5 Å². The quantitative estimate of drug-likeness (QED) is 0.804. The first-order valence-electron chi connectivity index (χ1n) is 7.53. The molecular weight excluding hydrogens is 250 g/mol. The van der Waals surface area contributed by atoms with Gasteiger partial charge in [-0.15, -0.1) is 0 Å². The second-order valence-corrected chi connectivity index (χ2v) is 5.52. The Labute approximate surface area is 122 Å². The van der Waals surface area contributed by atoms with Crippen LogP contribution in [0, 0.1) is 5.92 Å². The lowest BCUT2D eigenvalue weighted by molar-refractivity contribution is 0.0930. The summed E-state index contributed by atoms with van der Waals surface area (Å²) in [7, 11) is 0. The van der Waals surface area contributed by atoms with Crippen molar-refractivity contribution in [1.82, 2.24) is 10.3 Å². The summed E-state index contributed by atoms with van der Waals surface area (Å²) in [4.78, 5) is 16.8. The van der Waals surface area contributed by atoms with E-state index in [1.54, 1.807) is 0 Å². The molecule has 1 heterocycles. The van der Waals surface area contributed by atoms with Crippen molar-refractivity contribution in [1.29, 1.82) is 0 Å². The Hall–Kier alpha value is -1.58. The number of anilines is 1. The Bertz CT molecular complexity index is 419. The van der Waals surface area contributed by atoms with Crippen molar-refractivity contribution in [3.63, 3.8) is 0 Å². The van der Waals surface area contributed by atoms with E-state index in [0.717, 1.165) is 30.9 Å². The lowest BCUT2D eigenvalue weighted by Crippen LogP contribution is -2.36. The van der Waals surface area contributed by atoms with Crippen molar-refractivity contribution in [2.24, 2.45) is 5.92 Å². The van der Waals surface area contributed by atoms with Crippen LogP contribution in [0.1, 0.15) is 57.1 Å². The molecule has 0 fully saturated rings. The molecule has 1 atom stereocenters. The molecule has 0 aliphatic heterocycles. The highest BCUT2D eigenvalue weighted by Gasteiger charge is 2.14. The summed E-state index contributed by atoms with van der Waals surface area (Å²) in [5.41, 5.74) is 1.65. The largest absolute Gasteiger partial charge is 0.370 e. The standard InChI is InChI=1S/C16H27N3O/c1-6-8-14-9-13(10-15(19-14)17-7-2)16(20)18-12(5)11(3)4/h9-12H,6-8H2,1-5H3,(H,17,19)(H,18,20). The van der Waals surface area contributed by atoms with E-state index < -0.39 is 0 Å². The number of aromatic nitrogens is 1. The number of rotatable bonds is 7.